The van der Waals surface area contributed by atoms with E-state index in [9.17, 15) is 4.79 Å². The van der Waals surface area contributed by atoms with Crippen molar-refractivity contribution in [3.8, 4) is 5.69 Å². The Balaban J connectivity index is 1.86. The van der Waals surface area contributed by atoms with Crippen molar-refractivity contribution in [2.24, 2.45) is 0 Å². The van der Waals surface area contributed by atoms with E-state index in [0.29, 0.717) is 18.8 Å². The number of benzene rings is 1. The van der Waals surface area contributed by atoms with Gasteiger partial charge in [-0.05, 0) is 19.1 Å². The van der Waals surface area contributed by atoms with Crippen molar-refractivity contribution in [1.29, 1.82) is 0 Å². The van der Waals surface area contributed by atoms with Gasteiger partial charge in [-0.2, -0.15) is 5.10 Å². The molecule has 100 valence electrons. The van der Waals surface area contributed by atoms with E-state index in [1.54, 1.807) is 11.8 Å². The van der Waals surface area contributed by atoms with E-state index >= 15 is 0 Å². The SMILES string of the molecule is CCOC(=O)CCSc1cnn(-c2ccccc2)c1. The maximum absolute atomic E-state index is 11.2. The molecule has 0 aliphatic heterocycles. The van der Waals surface area contributed by atoms with E-state index in [-0.39, 0.29) is 5.97 Å². The number of esters is 1. The van der Waals surface area contributed by atoms with Crippen LogP contribution in [0.15, 0.2) is 47.6 Å². The molecule has 0 N–H and O–H groups in total. The highest BCUT2D eigenvalue weighted by Gasteiger charge is 2.04. The van der Waals surface area contributed by atoms with Gasteiger partial charge in [0.2, 0.25) is 0 Å². The molecule has 0 aliphatic rings. The molecule has 0 atom stereocenters. The maximum atomic E-state index is 11.2. The Hall–Kier alpha value is -1.75. The summed E-state index contributed by atoms with van der Waals surface area (Å²) >= 11 is 1.61. The third-order valence-corrected chi connectivity index (χ3v) is 3.41. The van der Waals surface area contributed by atoms with Crippen molar-refractivity contribution in [2.75, 3.05) is 12.4 Å². The molecular formula is C14H16N2O2S. The number of rotatable bonds is 6. The molecular weight excluding hydrogens is 260 g/mol. The van der Waals surface area contributed by atoms with Crippen molar-refractivity contribution in [2.45, 2.75) is 18.2 Å². The first-order valence-corrected chi connectivity index (χ1v) is 7.16. The van der Waals surface area contributed by atoms with Crippen LogP contribution >= 0.6 is 11.8 Å². The lowest BCUT2D eigenvalue weighted by Gasteiger charge is -2.00. The Kier molecular flexibility index (Phi) is 5.03. The topological polar surface area (TPSA) is 44.1 Å². The minimum atomic E-state index is -0.148. The molecule has 0 saturated heterocycles. The van der Waals surface area contributed by atoms with Crippen LogP contribution in [0.4, 0.5) is 0 Å². The van der Waals surface area contributed by atoms with Gasteiger partial charge in [-0.15, -0.1) is 11.8 Å². The van der Waals surface area contributed by atoms with Gasteiger partial charge in [0.15, 0.2) is 0 Å². The number of carbonyl (C=O) groups excluding carboxylic acids is 1. The summed E-state index contributed by atoms with van der Waals surface area (Å²) < 4.78 is 6.71. The van der Waals surface area contributed by atoms with Gasteiger partial charge in [-0.3, -0.25) is 4.79 Å². The molecule has 0 radical (unpaired) electrons. The highest BCUT2D eigenvalue weighted by Crippen LogP contribution is 2.19. The summed E-state index contributed by atoms with van der Waals surface area (Å²) in [4.78, 5) is 12.3. The Labute approximate surface area is 116 Å². The Morgan fingerprint density at radius 3 is 2.89 bits per heavy atom. The van der Waals surface area contributed by atoms with Crippen LogP contribution in [0.1, 0.15) is 13.3 Å². The van der Waals surface area contributed by atoms with E-state index < -0.39 is 0 Å². The van der Waals surface area contributed by atoms with Gasteiger partial charge in [-0.1, -0.05) is 18.2 Å². The summed E-state index contributed by atoms with van der Waals surface area (Å²) in [6, 6.07) is 9.93. The van der Waals surface area contributed by atoms with E-state index in [4.69, 9.17) is 4.74 Å². The number of ether oxygens (including phenoxy) is 1. The van der Waals surface area contributed by atoms with Crippen LogP contribution in [0.2, 0.25) is 0 Å². The number of hydrogen-bond acceptors (Lipinski definition) is 4. The molecule has 1 aromatic heterocycles. The molecule has 0 unspecified atom stereocenters. The zero-order valence-electron chi connectivity index (χ0n) is 10.8. The van der Waals surface area contributed by atoms with E-state index in [0.717, 1.165) is 10.6 Å². The summed E-state index contributed by atoms with van der Waals surface area (Å²) in [6.45, 7) is 2.25. The van der Waals surface area contributed by atoms with Crippen LogP contribution in [-0.2, 0) is 9.53 Å². The smallest absolute Gasteiger partial charge is 0.306 e. The molecule has 2 aromatic rings. The van der Waals surface area contributed by atoms with Gasteiger partial charge < -0.3 is 4.74 Å². The van der Waals surface area contributed by atoms with Crippen LogP contribution in [-0.4, -0.2) is 28.1 Å². The fourth-order valence-corrected chi connectivity index (χ4v) is 2.39. The second-order valence-corrected chi connectivity index (χ2v) is 5.03. The molecule has 0 spiro atoms. The largest absolute Gasteiger partial charge is 0.466 e. The quantitative estimate of drug-likeness (QED) is 0.601. The highest BCUT2D eigenvalue weighted by atomic mass is 32.2. The molecule has 0 amide bonds. The molecule has 1 heterocycles. The molecule has 2 rings (SSSR count). The average Bonchev–Trinajstić information content (AvgIpc) is 2.89. The van der Waals surface area contributed by atoms with Crippen LogP contribution in [0.3, 0.4) is 0 Å². The summed E-state index contributed by atoms with van der Waals surface area (Å²) in [7, 11) is 0. The summed E-state index contributed by atoms with van der Waals surface area (Å²) in [5.74, 6) is 0.560. The fraction of sp³-hybridized carbons (Fsp3) is 0.286. The van der Waals surface area contributed by atoms with Gasteiger partial charge in [0.25, 0.3) is 0 Å². The second kappa shape index (κ2) is 6.99. The number of carbonyl (C=O) groups is 1. The van der Waals surface area contributed by atoms with Crippen molar-refractivity contribution >= 4 is 17.7 Å². The lowest BCUT2D eigenvalue weighted by Crippen LogP contribution is -2.04. The first kappa shape index (κ1) is 13.7. The molecule has 4 nitrogen and oxygen atoms in total. The monoisotopic (exact) mass is 276 g/mol. The van der Waals surface area contributed by atoms with Crippen LogP contribution < -0.4 is 0 Å². The summed E-state index contributed by atoms with van der Waals surface area (Å²) in [6.07, 6.45) is 4.20. The first-order chi connectivity index (χ1) is 9.29. The van der Waals surface area contributed by atoms with Gasteiger partial charge in [0, 0.05) is 16.8 Å². The summed E-state index contributed by atoms with van der Waals surface area (Å²) in [5.41, 5.74) is 1.03. The number of hydrogen-bond donors (Lipinski definition) is 0. The zero-order chi connectivity index (χ0) is 13.5. The van der Waals surface area contributed by atoms with Crippen LogP contribution in [0, 0.1) is 0 Å². The third-order valence-electron chi connectivity index (χ3n) is 2.46. The highest BCUT2D eigenvalue weighted by molar-refractivity contribution is 7.99. The van der Waals surface area contributed by atoms with Gasteiger partial charge in [-0.25, -0.2) is 4.68 Å². The second-order valence-electron chi connectivity index (χ2n) is 3.86. The number of thioether (sulfide) groups is 1. The van der Waals surface area contributed by atoms with E-state index in [2.05, 4.69) is 5.10 Å². The van der Waals surface area contributed by atoms with Crippen molar-refractivity contribution in [1.82, 2.24) is 9.78 Å². The molecule has 0 aliphatic carbocycles. The third kappa shape index (κ3) is 4.13. The molecule has 0 bridgehead atoms. The fourth-order valence-electron chi connectivity index (χ4n) is 1.59. The van der Waals surface area contributed by atoms with Gasteiger partial charge in [0.05, 0.1) is 24.9 Å². The predicted octanol–water partition coefficient (Wildman–Crippen LogP) is 2.92. The van der Waals surface area contributed by atoms with Crippen LogP contribution in [0.5, 0.6) is 0 Å². The molecule has 19 heavy (non-hydrogen) atoms. The minimum Gasteiger partial charge on any atom is -0.466 e. The number of nitrogens with zero attached hydrogens (tertiary/aromatic N) is 2. The Morgan fingerprint density at radius 2 is 2.16 bits per heavy atom. The van der Waals surface area contributed by atoms with Crippen molar-refractivity contribution in [3.63, 3.8) is 0 Å². The minimum absolute atomic E-state index is 0.148. The van der Waals surface area contributed by atoms with Gasteiger partial charge >= 0.3 is 5.97 Å². The average molecular weight is 276 g/mol. The van der Waals surface area contributed by atoms with E-state index in [1.807, 2.05) is 54.3 Å². The lowest BCUT2D eigenvalue weighted by molar-refractivity contribution is -0.142. The number of aromatic nitrogens is 2. The normalized spacial score (nSPS) is 10.4. The Bertz CT molecular complexity index is 525. The maximum Gasteiger partial charge on any atom is 0.306 e. The molecule has 5 heteroatoms. The van der Waals surface area contributed by atoms with Crippen LogP contribution in [0.25, 0.3) is 5.69 Å². The standard InChI is InChI=1S/C14H16N2O2S/c1-2-18-14(17)8-9-19-13-10-15-16(11-13)12-6-4-3-5-7-12/h3-7,10-11H,2,8-9H2,1H3. The molecule has 1 aromatic carbocycles. The predicted molar refractivity (Wildman–Crippen MR) is 75.5 cm³/mol. The molecule has 0 fully saturated rings. The lowest BCUT2D eigenvalue weighted by atomic mass is 10.3. The van der Waals surface area contributed by atoms with E-state index in [1.165, 1.54) is 0 Å². The first-order valence-electron chi connectivity index (χ1n) is 6.18. The van der Waals surface area contributed by atoms with Crippen molar-refractivity contribution < 1.29 is 9.53 Å². The van der Waals surface area contributed by atoms with Crippen molar-refractivity contribution in [3.05, 3.63) is 42.7 Å². The molecule has 0 saturated carbocycles. The number of para-hydroxylation sites is 1. The Morgan fingerprint density at radius 1 is 1.37 bits per heavy atom. The van der Waals surface area contributed by atoms with Gasteiger partial charge in [0.1, 0.15) is 0 Å². The zero-order valence-corrected chi connectivity index (χ0v) is 11.6. The summed E-state index contributed by atoms with van der Waals surface area (Å²) in [5, 5.41) is 4.30.